The van der Waals surface area contributed by atoms with Gasteiger partial charge in [-0.1, -0.05) is 0 Å². The van der Waals surface area contributed by atoms with E-state index in [1.54, 1.807) is 0 Å². The molecular formula is C7H4F4IN. The van der Waals surface area contributed by atoms with E-state index >= 15 is 0 Å². The second-order valence-corrected chi connectivity index (χ2v) is 3.34. The van der Waals surface area contributed by atoms with Gasteiger partial charge in [0.15, 0.2) is 5.69 Å². The Bertz CT molecular complexity index is 310. The molecule has 72 valence electrons. The number of hydrogen-bond donors (Lipinski definition) is 0. The Morgan fingerprint density at radius 3 is 2.46 bits per heavy atom. The number of halogens is 5. The van der Waals surface area contributed by atoms with E-state index in [2.05, 4.69) is 4.98 Å². The summed E-state index contributed by atoms with van der Waals surface area (Å²) < 4.78 is 48.5. The molecule has 0 fully saturated rings. The molecule has 0 aromatic carbocycles. The van der Waals surface area contributed by atoms with E-state index < -0.39 is 18.5 Å². The summed E-state index contributed by atoms with van der Waals surface area (Å²) in [5.41, 5.74) is -1.01. The molecule has 0 radical (unpaired) electrons. The molecule has 0 saturated carbocycles. The third-order valence-electron chi connectivity index (χ3n) is 1.38. The van der Waals surface area contributed by atoms with Gasteiger partial charge in [-0.25, -0.2) is 4.39 Å². The van der Waals surface area contributed by atoms with E-state index in [9.17, 15) is 17.6 Å². The van der Waals surface area contributed by atoms with E-state index in [-0.39, 0.29) is 9.13 Å². The van der Waals surface area contributed by atoms with Crippen LogP contribution in [-0.2, 0) is 12.9 Å². The van der Waals surface area contributed by atoms with Crippen molar-refractivity contribution in [3.05, 3.63) is 27.1 Å². The van der Waals surface area contributed by atoms with Gasteiger partial charge in [0.2, 0.25) is 0 Å². The lowest BCUT2D eigenvalue weighted by atomic mass is 10.2. The first kappa shape index (κ1) is 10.7. The van der Waals surface area contributed by atoms with Gasteiger partial charge in [0.1, 0.15) is 6.67 Å². The van der Waals surface area contributed by atoms with Crippen LogP contribution in [0.3, 0.4) is 0 Å². The van der Waals surface area contributed by atoms with Gasteiger partial charge in [0.25, 0.3) is 0 Å². The maximum absolute atomic E-state index is 12.2. The minimum atomic E-state index is -4.51. The molecule has 1 heterocycles. The first-order valence-corrected chi connectivity index (χ1v) is 4.31. The van der Waals surface area contributed by atoms with Crippen molar-refractivity contribution in [3.8, 4) is 0 Å². The minimum Gasteiger partial charge on any atom is -0.251 e. The molecule has 0 saturated heterocycles. The van der Waals surface area contributed by atoms with Crippen molar-refractivity contribution in [1.29, 1.82) is 0 Å². The van der Waals surface area contributed by atoms with E-state index in [0.29, 0.717) is 0 Å². The van der Waals surface area contributed by atoms with Crippen LogP contribution >= 0.6 is 22.6 Å². The third kappa shape index (κ3) is 2.29. The summed E-state index contributed by atoms with van der Waals surface area (Å²) in [6.07, 6.45) is -3.55. The number of pyridine rings is 1. The van der Waals surface area contributed by atoms with Crippen LogP contribution in [0.1, 0.15) is 11.3 Å². The van der Waals surface area contributed by atoms with Gasteiger partial charge in [0.05, 0.1) is 0 Å². The zero-order chi connectivity index (χ0) is 10.1. The van der Waals surface area contributed by atoms with Crippen LogP contribution in [-0.4, -0.2) is 4.98 Å². The largest absolute Gasteiger partial charge is 0.434 e. The number of nitrogens with zero attached hydrogens (tertiary/aromatic N) is 1. The van der Waals surface area contributed by atoms with Crippen molar-refractivity contribution in [3.63, 3.8) is 0 Å². The highest BCUT2D eigenvalue weighted by atomic mass is 127. The normalized spacial score (nSPS) is 11.8. The van der Waals surface area contributed by atoms with E-state index in [0.717, 1.165) is 6.20 Å². The van der Waals surface area contributed by atoms with Crippen LogP contribution < -0.4 is 0 Å². The molecule has 0 unspecified atom stereocenters. The number of alkyl halides is 4. The summed E-state index contributed by atoms with van der Waals surface area (Å²) in [7, 11) is 0. The van der Waals surface area contributed by atoms with E-state index in [1.807, 2.05) is 0 Å². The Labute approximate surface area is 85.3 Å². The Balaban J connectivity index is 3.24. The Hall–Kier alpha value is -0.400. The van der Waals surface area contributed by atoms with Gasteiger partial charge < -0.3 is 0 Å². The lowest BCUT2D eigenvalue weighted by Gasteiger charge is -2.09. The second kappa shape index (κ2) is 3.77. The molecule has 13 heavy (non-hydrogen) atoms. The zero-order valence-corrected chi connectivity index (χ0v) is 8.36. The topological polar surface area (TPSA) is 12.9 Å². The SMILES string of the molecule is FCc1ccnc(C(F)(F)F)c1I. The number of aromatic nitrogens is 1. The number of hydrogen-bond acceptors (Lipinski definition) is 1. The summed E-state index contributed by atoms with van der Waals surface area (Å²) in [6, 6.07) is 1.23. The van der Waals surface area contributed by atoms with Crippen molar-refractivity contribution in [1.82, 2.24) is 4.98 Å². The van der Waals surface area contributed by atoms with Gasteiger partial charge in [0, 0.05) is 9.77 Å². The van der Waals surface area contributed by atoms with Gasteiger partial charge in [-0.2, -0.15) is 13.2 Å². The van der Waals surface area contributed by atoms with Gasteiger partial charge in [-0.05, 0) is 34.2 Å². The molecule has 0 spiro atoms. The molecule has 0 atom stereocenters. The smallest absolute Gasteiger partial charge is 0.251 e. The zero-order valence-electron chi connectivity index (χ0n) is 6.20. The lowest BCUT2D eigenvalue weighted by molar-refractivity contribution is -0.142. The van der Waals surface area contributed by atoms with Gasteiger partial charge in [-0.15, -0.1) is 0 Å². The minimum absolute atomic E-state index is 0.0166. The fourth-order valence-electron chi connectivity index (χ4n) is 0.785. The Morgan fingerprint density at radius 2 is 2.00 bits per heavy atom. The summed E-state index contributed by atoms with van der Waals surface area (Å²) >= 11 is 1.44. The van der Waals surface area contributed by atoms with Crippen LogP contribution in [0.25, 0.3) is 0 Å². The molecule has 0 amide bonds. The maximum atomic E-state index is 12.2. The third-order valence-corrected chi connectivity index (χ3v) is 2.59. The number of rotatable bonds is 1. The van der Waals surface area contributed by atoms with Crippen LogP contribution in [0.2, 0.25) is 0 Å². The molecular weight excluding hydrogens is 301 g/mol. The summed E-state index contributed by atoms with van der Waals surface area (Å²) in [4.78, 5) is 3.16. The molecule has 1 aromatic heterocycles. The van der Waals surface area contributed by atoms with Gasteiger partial charge in [-0.3, -0.25) is 4.98 Å². The molecule has 6 heteroatoms. The predicted molar refractivity (Wildman–Crippen MR) is 46.8 cm³/mol. The quantitative estimate of drug-likeness (QED) is 0.574. The second-order valence-electron chi connectivity index (χ2n) is 2.26. The molecule has 0 aliphatic carbocycles. The molecule has 1 rings (SSSR count). The monoisotopic (exact) mass is 305 g/mol. The van der Waals surface area contributed by atoms with Crippen molar-refractivity contribution in [2.45, 2.75) is 12.9 Å². The Kier molecular flexibility index (Phi) is 3.09. The molecule has 1 aromatic rings. The predicted octanol–water partition coefficient (Wildman–Crippen LogP) is 3.17. The fraction of sp³-hybridized carbons (Fsp3) is 0.286. The first-order chi connectivity index (χ1) is 5.96. The van der Waals surface area contributed by atoms with Crippen LogP contribution in [0.5, 0.6) is 0 Å². The Morgan fingerprint density at radius 1 is 1.38 bits per heavy atom. The highest BCUT2D eigenvalue weighted by Gasteiger charge is 2.35. The van der Waals surface area contributed by atoms with Crippen LogP contribution in [0.4, 0.5) is 17.6 Å². The van der Waals surface area contributed by atoms with Crippen molar-refractivity contribution >= 4 is 22.6 Å². The molecule has 0 aliphatic heterocycles. The van der Waals surface area contributed by atoms with Crippen molar-refractivity contribution in [2.75, 3.05) is 0 Å². The van der Waals surface area contributed by atoms with Crippen molar-refractivity contribution in [2.24, 2.45) is 0 Å². The molecule has 1 nitrogen and oxygen atoms in total. The standard InChI is InChI=1S/C7H4F4IN/c8-3-4-1-2-13-6(5(4)12)7(9,10)11/h1-2H,3H2. The molecule has 0 N–H and O–H groups in total. The lowest BCUT2D eigenvalue weighted by Crippen LogP contribution is -2.11. The highest BCUT2D eigenvalue weighted by Crippen LogP contribution is 2.32. The van der Waals surface area contributed by atoms with E-state index in [1.165, 1.54) is 28.7 Å². The maximum Gasteiger partial charge on any atom is 0.434 e. The highest BCUT2D eigenvalue weighted by molar-refractivity contribution is 14.1. The van der Waals surface area contributed by atoms with E-state index in [4.69, 9.17) is 0 Å². The van der Waals surface area contributed by atoms with Gasteiger partial charge >= 0.3 is 6.18 Å². The average molecular weight is 305 g/mol. The van der Waals surface area contributed by atoms with Crippen molar-refractivity contribution < 1.29 is 17.6 Å². The summed E-state index contributed by atoms with van der Waals surface area (Å²) in [5, 5.41) is 0. The van der Waals surface area contributed by atoms with Crippen LogP contribution in [0.15, 0.2) is 12.3 Å². The summed E-state index contributed by atoms with van der Waals surface area (Å²) in [6.45, 7) is -0.913. The molecule has 0 bridgehead atoms. The average Bonchev–Trinajstić information content (AvgIpc) is 2.02. The first-order valence-electron chi connectivity index (χ1n) is 3.23. The fourth-order valence-corrected chi connectivity index (χ4v) is 1.55. The summed E-state index contributed by atoms with van der Waals surface area (Å²) in [5.74, 6) is 0. The molecule has 0 aliphatic rings. The van der Waals surface area contributed by atoms with Crippen LogP contribution in [0, 0.1) is 3.57 Å².